The van der Waals surface area contributed by atoms with Crippen molar-refractivity contribution in [1.82, 2.24) is 15.1 Å². The van der Waals surface area contributed by atoms with Gasteiger partial charge >= 0.3 is 6.03 Å². The maximum atomic E-state index is 12.7. The number of benzene rings is 1. The van der Waals surface area contributed by atoms with Crippen molar-refractivity contribution in [3.05, 3.63) is 29.3 Å². The number of urea groups is 1. The summed E-state index contributed by atoms with van der Waals surface area (Å²) in [5.74, 6) is 0.836. The number of ether oxygens (including phenoxy) is 1. The van der Waals surface area contributed by atoms with Crippen LogP contribution in [-0.4, -0.2) is 61.1 Å². The van der Waals surface area contributed by atoms with Crippen LogP contribution in [-0.2, 0) is 11.2 Å². The lowest BCUT2D eigenvalue weighted by Gasteiger charge is -2.35. The Morgan fingerprint density at radius 2 is 1.77 bits per heavy atom. The van der Waals surface area contributed by atoms with Crippen LogP contribution in [0.2, 0.25) is 0 Å². The van der Waals surface area contributed by atoms with Gasteiger partial charge in [0.2, 0.25) is 5.91 Å². The van der Waals surface area contributed by atoms with Gasteiger partial charge in [-0.2, -0.15) is 0 Å². The number of carbonyl (C=O) groups is 2. The van der Waals surface area contributed by atoms with E-state index in [2.05, 4.69) is 5.32 Å². The van der Waals surface area contributed by atoms with E-state index in [0.717, 1.165) is 29.7 Å². The van der Waals surface area contributed by atoms with Gasteiger partial charge in [-0.25, -0.2) is 4.79 Å². The summed E-state index contributed by atoms with van der Waals surface area (Å²) in [5.41, 5.74) is 2.03. The summed E-state index contributed by atoms with van der Waals surface area (Å²) in [7, 11) is 1.63. The molecular weight excluding hydrogens is 330 g/mol. The summed E-state index contributed by atoms with van der Waals surface area (Å²) < 4.78 is 5.37. The Bertz CT molecular complexity index is 648. The molecule has 1 aromatic carbocycles. The molecule has 6 heteroatoms. The molecule has 0 bridgehead atoms. The molecule has 3 rings (SSSR count). The van der Waals surface area contributed by atoms with Crippen LogP contribution in [0.3, 0.4) is 0 Å². The fourth-order valence-electron chi connectivity index (χ4n) is 3.82. The number of nitrogens with one attached hydrogen (secondary N) is 1. The number of rotatable bonds is 4. The molecular formula is C20H29N3O3. The van der Waals surface area contributed by atoms with Crippen LogP contribution in [0.5, 0.6) is 5.75 Å². The molecule has 1 saturated heterocycles. The molecule has 0 unspecified atom stereocenters. The highest BCUT2D eigenvalue weighted by Gasteiger charge is 2.26. The zero-order chi connectivity index (χ0) is 18.5. The lowest BCUT2D eigenvalue weighted by atomic mass is 10.1. The lowest BCUT2D eigenvalue weighted by Crippen LogP contribution is -2.54. The molecule has 1 aliphatic carbocycles. The Hall–Kier alpha value is -2.24. The molecule has 2 fully saturated rings. The quantitative estimate of drug-likeness (QED) is 0.898. The molecule has 2 aliphatic rings. The third kappa shape index (κ3) is 4.48. The number of aryl methyl sites for hydroxylation is 1. The predicted octanol–water partition coefficient (Wildman–Crippen LogP) is 2.34. The average Bonchev–Trinajstić information content (AvgIpc) is 3.15. The van der Waals surface area contributed by atoms with Gasteiger partial charge in [-0.05, 0) is 25.8 Å². The van der Waals surface area contributed by atoms with Crippen LogP contribution in [0.15, 0.2) is 18.2 Å². The highest BCUT2D eigenvalue weighted by atomic mass is 16.5. The summed E-state index contributed by atoms with van der Waals surface area (Å²) in [5, 5.41) is 3.12. The standard InChI is InChI=1S/C20H29N3O3/c1-15-7-8-18(26-2)16(13-15)14-19(24)22-9-11-23(12-10-22)20(25)21-17-5-3-4-6-17/h7-8,13,17H,3-6,9-12,14H2,1-2H3,(H,21,25). The van der Waals surface area contributed by atoms with Crippen molar-refractivity contribution in [2.45, 2.75) is 45.1 Å². The van der Waals surface area contributed by atoms with E-state index in [1.54, 1.807) is 7.11 Å². The maximum absolute atomic E-state index is 12.7. The zero-order valence-electron chi connectivity index (χ0n) is 15.8. The molecule has 3 amide bonds. The third-order valence-electron chi connectivity index (χ3n) is 5.38. The first-order chi connectivity index (χ1) is 12.6. The maximum Gasteiger partial charge on any atom is 0.317 e. The molecule has 0 atom stereocenters. The molecule has 6 nitrogen and oxygen atoms in total. The van der Waals surface area contributed by atoms with Gasteiger partial charge in [0.1, 0.15) is 5.75 Å². The monoisotopic (exact) mass is 359 g/mol. The fraction of sp³-hybridized carbons (Fsp3) is 0.600. The van der Waals surface area contributed by atoms with Crippen LogP contribution >= 0.6 is 0 Å². The number of hydrogen-bond acceptors (Lipinski definition) is 3. The third-order valence-corrected chi connectivity index (χ3v) is 5.38. The number of carbonyl (C=O) groups excluding carboxylic acids is 2. The van der Waals surface area contributed by atoms with E-state index in [1.165, 1.54) is 12.8 Å². The summed E-state index contributed by atoms with van der Waals surface area (Å²) in [6, 6.07) is 6.24. The second-order valence-corrected chi connectivity index (χ2v) is 7.29. The Morgan fingerprint density at radius 3 is 2.42 bits per heavy atom. The molecule has 1 N–H and O–H groups in total. The van der Waals surface area contributed by atoms with Crippen LogP contribution in [0.25, 0.3) is 0 Å². The van der Waals surface area contributed by atoms with Crippen molar-refractivity contribution < 1.29 is 14.3 Å². The van der Waals surface area contributed by atoms with E-state index in [4.69, 9.17) is 4.74 Å². The Kier molecular flexibility index (Phi) is 6.01. The van der Waals surface area contributed by atoms with Crippen LogP contribution in [0.1, 0.15) is 36.8 Å². The van der Waals surface area contributed by atoms with E-state index in [1.807, 2.05) is 34.9 Å². The number of hydrogen-bond donors (Lipinski definition) is 1. The van der Waals surface area contributed by atoms with Gasteiger partial charge in [-0.1, -0.05) is 30.5 Å². The Labute approximate surface area is 155 Å². The van der Waals surface area contributed by atoms with Crippen molar-refractivity contribution in [1.29, 1.82) is 0 Å². The number of piperazine rings is 1. The van der Waals surface area contributed by atoms with Gasteiger partial charge in [0, 0.05) is 37.8 Å². The first kappa shape index (κ1) is 18.5. The molecule has 1 saturated carbocycles. The van der Waals surface area contributed by atoms with Gasteiger partial charge in [-0.3, -0.25) is 4.79 Å². The normalized spacial score (nSPS) is 18.1. The Balaban J connectivity index is 1.50. The SMILES string of the molecule is COc1ccc(C)cc1CC(=O)N1CCN(C(=O)NC2CCCC2)CC1. The van der Waals surface area contributed by atoms with Crippen LogP contribution < -0.4 is 10.1 Å². The molecule has 0 spiro atoms. The van der Waals surface area contributed by atoms with Gasteiger partial charge in [-0.15, -0.1) is 0 Å². The van der Waals surface area contributed by atoms with E-state index < -0.39 is 0 Å². The number of nitrogens with zero attached hydrogens (tertiary/aromatic N) is 2. The van der Waals surface area contributed by atoms with E-state index in [0.29, 0.717) is 38.6 Å². The number of methoxy groups -OCH3 is 1. The van der Waals surface area contributed by atoms with Gasteiger partial charge in [0.25, 0.3) is 0 Å². The second kappa shape index (κ2) is 8.43. The molecule has 142 valence electrons. The van der Waals surface area contributed by atoms with Gasteiger partial charge in [0.05, 0.1) is 13.5 Å². The van der Waals surface area contributed by atoms with Crippen molar-refractivity contribution >= 4 is 11.9 Å². The summed E-state index contributed by atoms with van der Waals surface area (Å²) in [6.45, 7) is 4.37. The molecule has 1 aliphatic heterocycles. The highest BCUT2D eigenvalue weighted by molar-refractivity contribution is 5.80. The van der Waals surface area contributed by atoms with Gasteiger partial charge < -0.3 is 19.9 Å². The van der Waals surface area contributed by atoms with Crippen molar-refractivity contribution in [2.75, 3.05) is 33.3 Å². The second-order valence-electron chi connectivity index (χ2n) is 7.29. The topological polar surface area (TPSA) is 61.9 Å². The molecule has 26 heavy (non-hydrogen) atoms. The highest BCUT2D eigenvalue weighted by Crippen LogP contribution is 2.21. The first-order valence-corrected chi connectivity index (χ1v) is 9.53. The molecule has 0 aromatic heterocycles. The molecule has 1 aromatic rings. The lowest BCUT2D eigenvalue weighted by molar-refractivity contribution is -0.131. The van der Waals surface area contributed by atoms with Crippen molar-refractivity contribution in [3.63, 3.8) is 0 Å². The zero-order valence-corrected chi connectivity index (χ0v) is 15.8. The minimum Gasteiger partial charge on any atom is -0.496 e. The minimum absolute atomic E-state index is 0.0179. The predicted molar refractivity (Wildman–Crippen MR) is 100 cm³/mol. The van der Waals surface area contributed by atoms with Crippen molar-refractivity contribution in [2.24, 2.45) is 0 Å². The van der Waals surface area contributed by atoms with Crippen molar-refractivity contribution in [3.8, 4) is 5.75 Å². The number of amides is 3. The van der Waals surface area contributed by atoms with Gasteiger partial charge in [0.15, 0.2) is 0 Å². The average molecular weight is 359 g/mol. The Morgan fingerprint density at radius 1 is 1.12 bits per heavy atom. The smallest absolute Gasteiger partial charge is 0.317 e. The first-order valence-electron chi connectivity index (χ1n) is 9.53. The molecule has 0 radical (unpaired) electrons. The van der Waals surface area contributed by atoms with E-state index in [-0.39, 0.29) is 11.9 Å². The van der Waals surface area contributed by atoms with E-state index >= 15 is 0 Å². The van der Waals surface area contributed by atoms with Crippen LogP contribution in [0.4, 0.5) is 4.79 Å². The fourth-order valence-corrected chi connectivity index (χ4v) is 3.82. The largest absolute Gasteiger partial charge is 0.496 e. The van der Waals surface area contributed by atoms with E-state index in [9.17, 15) is 9.59 Å². The molecule has 1 heterocycles. The summed E-state index contributed by atoms with van der Waals surface area (Å²) >= 11 is 0. The summed E-state index contributed by atoms with van der Waals surface area (Å²) in [4.78, 5) is 28.7. The minimum atomic E-state index is 0.0179. The van der Waals surface area contributed by atoms with Crippen LogP contribution in [0, 0.1) is 6.92 Å². The summed E-state index contributed by atoms with van der Waals surface area (Å²) in [6.07, 6.45) is 4.91.